The predicted molar refractivity (Wildman–Crippen MR) is 190 cm³/mol. The summed E-state index contributed by atoms with van der Waals surface area (Å²) in [5.41, 5.74) is 11.4. The van der Waals surface area contributed by atoms with Crippen LogP contribution in [0.25, 0.3) is 87.6 Å². The van der Waals surface area contributed by atoms with E-state index in [0.29, 0.717) is 0 Å². The van der Waals surface area contributed by atoms with Crippen LogP contribution in [0.3, 0.4) is 0 Å². The zero-order valence-corrected chi connectivity index (χ0v) is 24.7. The van der Waals surface area contributed by atoms with E-state index in [1.165, 1.54) is 49.2 Å². The second-order valence-electron chi connectivity index (χ2n) is 12.5. The highest BCUT2D eigenvalue weighted by Gasteiger charge is 2.27. The molecule has 0 amide bonds. The van der Waals surface area contributed by atoms with Crippen molar-refractivity contribution in [1.29, 1.82) is 0 Å². The average Bonchev–Trinajstić information content (AvgIpc) is 3.81. The second kappa shape index (κ2) is 8.77. The molecule has 1 N–H and O–H groups in total. The van der Waals surface area contributed by atoms with Gasteiger partial charge in [-0.1, -0.05) is 103 Å². The highest BCUT2D eigenvalue weighted by molar-refractivity contribution is 6.25. The van der Waals surface area contributed by atoms with Gasteiger partial charge in [-0.25, -0.2) is 0 Å². The van der Waals surface area contributed by atoms with Gasteiger partial charge >= 0.3 is 0 Å². The van der Waals surface area contributed by atoms with Gasteiger partial charge in [0, 0.05) is 27.3 Å². The standard InChI is InChI=1S/C43H25NO2/c1-2-6-27(7-3-1)43-44-35-20-17-26-14-12-24-13-15-28(22-34(24)39(26)42(35)46-43)29-16-18-32-37(23-29)45-36-21-19-31-30-10-4-8-25-9-5-11-33(38(25)30)40(31)41(32)36/h1-23,43-44H. The Labute approximate surface area is 264 Å². The van der Waals surface area contributed by atoms with Crippen molar-refractivity contribution in [3.8, 4) is 39.1 Å². The summed E-state index contributed by atoms with van der Waals surface area (Å²) >= 11 is 0. The molecule has 3 nitrogen and oxygen atoms in total. The predicted octanol–water partition coefficient (Wildman–Crippen LogP) is 11.9. The smallest absolute Gasteiger partial charge is 0.196 e. The Morgan fingerprint density at radius 2 is 1.24 bits per heavy atom. The third-order valence-electron chi connectivity index (χ3n) is 10.0. The van der Waals surface area contributed by atoms with Crippen LogP contribution in [0.2, 0.25) is 0 Å². The fourth-order valence-corrected chi connectivity index (χ4v) is 7.92. The van der Waals surface area contributed by atoms with Crippen LogP contribution in [0, 0.1) is 0 Å². The number of anilines is 1. The lowest BCUT2D eigenvalue weighted by Gasteiger charge is -2.12. The normalized spacial score (nSPS) is 14.7. The van der Waals surface area contributed by atoms with Gasteiger partial charge in [-0.2, -0.15) is 0 Å². The Balaban J connectivity index is 1.07. The van der Waals surface area contributed by atoms with Crippen LogP contribution in [-0.4, -0.2) is 0 Å². The monoisotopic (exact) mass is 587 g/mol. The van der Waals surface area contributed by atoms with Gasteiger partial charge in [-0.05, 0) is 91.1 Å². The van der Waals surface area contributed by atoms with Crippen molar-refractivity contribution < 1.29 is 9.15 Å². The van der Waals surface area contributed by atoms with Crippen molar-refractivity contribution in [1.82, 2.24) is 0 Å². The van der Waals surface area contributed by atoms with Gasteiger partial charge < -0.3 is 14.5 Å². The SMILES string of the molecule is c1ccc(C2Nc3ccc4ccc5ccc(-c6ccc7c(c6)oc6ccc8c(c67)-c6cccc7cccc-8c67)cc5c4c3O2)cc1. The van der Waals surface area contributed by atoms with E-state index in [1.807, 2.05) is 6.07 Å². The molecule has 0 saturated heterocycles. The van der Waals surface area contributed by atoms with Crippen LogP contribution < -0.4 is 10.1 Å². The lowest BCUT2D eigenvalue weighted by Crippen LogP contribution is -2.09. The molecule has 1 atom stereocenters. The second-order valence-corrected chi connectivity index (χ2v) is 12.5. The highest BCUT2D eigenvalue weighted by atomic mass is 16.5. The fourth-order valence-electron chi connectivity index (χ4n) is 7.92. The molecule has 3 heteroatoms. The highest BCUT2D eigenvalue weighted by Crippen LogP contribution is 2.52. The molecular formula is C43H25NO2. The molecule has 46 heavy (non-hydrogen) atoms. The Kier molecular flexibility index (Phi) is 4.63. The molecule has 0 saturated carbocycles. The van der Waals surface area contributed by atoms with Gasteiger partial charge in [0.25, 0.3) is 0 Å². The zero-order valence-electron chi connectivity index (χ0n) is 24.7. The number of hydrogen-bond donors (Lipinski definition) is 1. The average molecular weight is 588 g/mol. The van der Waals surface area contributed by atoms with Crippen LogP contribution >= 0.6 is 0 Å². The Hall–Kier alpha value is -6.06. The number of nitrogens with one attached hydrogen (secondary N) is 1. The molecule has 2 aliphatic rings. The van der Waals surface area contributed by atoms with Crippen LogP contribution in [0.15, 0.2) is 144 Å². The summed E-state index contributed by atoms with van der Waals surface area (Å²) in [5, 5.41) is 13.2. The summed E-state index contributed by atoms with van der Waals surface area (Å²) in [5.74, 6) is 0.909. The van der Waals surface area contributed by atoms with E-state index >= 15 is 0 Å². The van der Waals surface area contributed by atoms with Crippen LogP contribution in [0.1, 0.15) is 11.8 Å². The van der Waals surface area contributed by atoms with E-state index in [1.54, 1.807) is 0 Å². The van der Waals surface area contributed by atoms with Gasteiger partial charge in [-0.15, -0.1) is 0 Å². The topological polar surface area (TPSA) is 34.4 Å². The first-order valence-electron chi connectivity index (χ1n) is 15.8. The van der Waals surface area contributed by atoms with E-state index in [4.69, 9.17) is 9.15 Å². The molecule has 214 valence electrons. The van der Waals surface area contributed by atoms with Crippen LogP contribution in [0.5, 0.6) is 5.75 Å². The maximum Gasteiger partial charge on any atom is 0.196 e. The number of hydrogen-bond acceptors (Lipinski definition) is 3. The zero-order chi connectivity index (χ0) is 29.9. The molecule has 1 aliphatic heterocycles. The number of fused-ring (bicyclic) bond motifs is 12. The maximum atomic E-state index is 6.61. The van der Waals surface area contributed by atoms with Gasteiger partial charge in [0.15, 0.2) is 12.0 Å². The molecule has 1 aromatic heterocycles. The quantitative estimate of drug-likeness (QED) is 0.204. The van der Waals surface area contributed by atoms with Gasteiger partial charge in [0.1, 0.15) is 11.2 Å². The molecule has 11 rings (SSSR count). The lowest BCUT2D eigenvalue weighted by atomic mass is 9.95. The molecule has 2 heterocycles. The van der Waals surface area contributed by atoms with Crippen LogP contribution in [0.4, 0.5) is 5.69 Å². The van der Waals surface area contributed by atoms with Crippen LogP contribution in [-0.2, 0) is 0 Å². The molecular weight excluding hydrogens is 562 g/mol. The number of ether oxygens (including phenoxy) is 1. The minimum absolute atomic E-state index is 0.211. The van der Waals surface area contributed by atoms with Crippen molar-refractivity contribution in [3.05, 3.63) is 145 Å². The summed E-state index contributed by atoms with van der Waals surface area (Å²) in [6.07, 6.45) is -0.211. The summed E-state index contributed by atoms with van der Waals surface area (Å²) in [7, 11) is 0. The van der Waals surface area contributed by atoms with Crippen molar-refractivity contribution in [2.45, 2.75) is 6.23 Å². The maximum absolute atomic E-state index is 6.61. The first kappa shape index (κ1) is 24.3. The summed E-state index contributed by atoms with van der Waals surface area (Å²) < 4.78 is 13.2. The Morgan fingerprint density at radius 3 is 2.15 bits per heavy atom. The fraction of sp³-hybridized carbons (Fsp3) is 0.0233. The van der Waals surface area contributed by atoms with Crippen molar-refractivity contribution in [2.24, 2.45) is 0 Å². The first-order chi connectivity index (χ1) is 22.8. The van der Waals surface area contributed by atoms with E-state index in [2.05, 4.69) is 139 Å². The van der Waals surface area contributed by atoms with Crippen molar-refractivity contribution >= 4 is 59.9 Å². The van der Waals surface area contributed by atoms with Crippen molar-refractivity contribution in [2.75, 3.05) is 5.32 Å². The largest absolute Gasteiger partial charge is 0.464 e. The first-order valence-corrected chi connectivity index (χ1v) is 15.8. The number of furan rings is 1. The van der Waals surface area contributed by atoms with E-state index in [9.17, 15) is 0 Å². The van der Waals surface area contributed by atoms with Gasteiger partial charge in [0.2, 0.25) is 0 Å². The number of benzene rings is 8. The molecule has 0 radical (unpaired) electrons. The van der Waals surface area contributed by atoms with E-state index in [0.717, 1.165) is 55.5 Å². The summed E-state index contributed by atoms with van der Waals surface area (Å²) in [6.45, 7) is 0. The minimum Gasteiger partial charge on any atom is -0.464 e. The molecule has 0 spiro atoms. The minimum atomic E-state index is -0.211. The molecule has 8 aromatic carbocycles. The third-order valence-corrected chi connectivity index (χ3v) is 10.0. The number of rotatable bonds is 2. The molecule has 0 bridgehead atoms. The molecule has 0 fully saturated rings. The van der Waals surface area contributed by atoms with Gasteiger partial charge in [0.05, 0.1) is 5.69 Å². The van der Waals surface area contributed by atoms with Gasteiger partial charge in [-0.3, -0.25) is 0 Å². The summed E-state index contributed by atoms with van der Waals surface area (Å²) in [4.78, 5) is 0. The summed E-state index contributed by atoms with van der Waals surface area (Å²) in [6, 6.07) is 50.0. The third kappa shape index (κ3) is 3.21. The molecule has 1 unspecified atom stereocenters. The van der Waals surface area contributed by atoms with Crippen molar-refractivity contribution in [3.63, 3.8) is 0 Å². The molecule has 1 aliphatic carbocycles. The van der Waals surface area contributed by atoms with E-state index in [-0.39, 0.29) is 6.23 Å². The lowest BCUT2D eigenvalue weighted by molar-refractivity contribution is 0.263. The Morgan fingerprint density at radius 1 is 0.478 bits per heavy atom. The van der Waals surface area contributed by atoms with E-state index < -0.39 is 0 Å². The Bertz CT molecular complexity index is 2750. The molecule has 9 aromatic rings.